The van der Waals surface area contributed by atoms with Gasteiger partial charge in [0.2, 0.25) is 0 Å². The highest BCUT2D eigenvalue weighted by Crippen LogP contribution is 2.34. The highest BCUT2D eigenvalue weighted by molar-refractivity contribution is 7.92. The molecule has 1 aliphatic carbocycles. The summed E-state index contributed by atoms with van der Waals surface area (Å²) < 4.78 is 25.6. The van der Waals surface area contributed by atoms with Gasteiger partial charge in [0, 0.05) is 5.02 Å². The van der Waals surface area contributed by atoms with E-state index in [9.17, 15) is 18.3 Å². The van der Waals surface area contributed by atoms with Gasteiger partial charge in [-0.05, 0) is 56.2 Å². The second-order valence-corrected chi connectivity index (χ2v) is 8.44. The Morgan fingerprint density at radius 1 is 1.24 bits per heavy atom. The van der Waals surface area contributed by atoms with Crippen LogP contribution in [0.4, 0.5) is 0 Å². The molecule has 1 N–H and O–H groups in total. The van der Waals surface area contributed by atoms with E-state index in [2.05, 4.69) is 6.92 Å². The zero-order valence-electron chi connectivity index (χ0n) is 12.1. The van der Waals surface area contributed by atoms with Gasteiger partial charge in [0.05, 0.1) is 15.7 Å². The number of carbonyl (C=O) groups is 1. The van der Waals surface area contributed by atoms with Crippen LogP contribution in [-0.2, 0) is 9.84 Å². The Balaban J connectivity index is 2.47. The third-order valence-electron chi connectivity index (χ3n) is 4.26. The van der Waals surface area contributed by atoms with Crippen LogP contribution in [-0.4, -0.2) is 24.7 Å². The van der Waals surface area contributed by atoms with Crippen LogP contribution in [0.3, 0.4) is 0 Å². The van der Waals surface area contributed by atoms with Gasteiger partial charge >= 0.3 is 5.97 Å². The zero-order chi connectivity index (χ0) is 15.8. The van der Waals surface area contributed by atoms with Gasteiger partial charge in [-0.3, -0.25) is 0 Å². The number of halogens is 1. The molecule has 0 radical (unpaired) electrons. The normalized spacial score (nSPS) is 23.0. The Labute approximate surface area is 130 Å². The molecule has 0 saturated heterocycles. The predicted molar refractivity (Wildman–Crippen MR) is 81.8 cm³/mol. The maximum Gasteiger partial charge on any atom is 0.336 e. The van der Waals surface area contributed by atoms with E-state index in [1.165, 1.54) is 19.1 Å². The Morgan fingerprint density at radius 3 is 2.33 bits per heavy atom. The number of carboxylic acid groups (broad SMARTS) is 1. The molecule has 6 heteroatoms. The topological polar surface area (TPSA) is 71.4 Å². The summed E-state index contributed by atoms with van der Waals surface area (Å²) in [6.07, 6.45) is 3.01. The standard InChI is InChI=1S/C15H19ClO4S/c1-9-3-5-12(6-4-9)21(19,20)14-8-11(16)7-13(10(14)2)15(17)18/h7-9,12H,3-6H2,1-2H3,(H,17,18). The molecule has 116 valence electrons. The van der Waals surface area contributed by atoms with Crippen LogP contribution in [0.2, 0.25) is 5.02 Å². The van der Waals surface area contributed by atoms with Crippen LogP contribution in [0.1, 0.15) is 48.5 Å². The largest absolute Gasteiger partial charge is 0.478 e. The molecular formula is C15H19ClO4S. The van der Waals surface area contributed by atoms with E-state index in [4.69, 9.17) is 11.6 Å². The number of hydrogen-bond acceptors (Lipinski definition) is 3. The molecule has 0 amide bonds. The fourth-order valence-electron chi connectivity index (χ4n) is 2.89. The van der Waals surface area contributed by atoms with E-state index >= 15 is 0 Å². The van der Waals surface area contributed by atoms with Gasteiger partial charge in [0.1, 0.15) is 0 Å². The Kier molecular flexibility index (Phi) is 4.63. The number of aromatic carboxylic acids is 1. The number of sulfone groups is 1. The first-order chi connectivity index (χ1) is 9.73. The minimum atomic E-state index is -3.54. The lowest BCUT2D eigenvalue weighted by Crippen LogP contribution is -2.27. The summed E-state index contributed by atoms with van der Waals surface area (Å²) in [5, 5.41) is 8.87. The summed E-state index contributed by atoms with van der Waals surface area (Å²) in [6, 6.07) is 2.66. The molecule has 0 aliphatic heterocycles. The summed E-state index contributed by atoms with van der Waals surface area (Å²) in [5.74, 6) is -0.616. The van der Waals surface area contributed by atoms with Crippen LogP contribution in [0, 0.1) is 12.8 Å². The van der Waals surface area contributed by atoms with E-state index in [0.29, 0.717) is 18.8 Å². The first-order valence-corrected chi connectivity index (χ1v) is 8.93. The van der Waals surface area contributed by atoms with Gasteiger partial charge in [-0.1, -0.05) is 18.5 Å². The van der Waals surface area contributed by atoms with E-state index in [-0.39, 0.29) is 21.0 Å². The molecule has 21 heavy (non-hydrogen) atoms. The molecule has 0 heterocycles. The molecule has 0 unspecified atom stereocenters. The molecule has 1 saturated carbocycles. The molecule has 0 spiro atoms. The minimum Gasteiger partial charge on any atom is -0.478 e. The van der Waals surface area contributed by atoms with Crippen LogP contribution in [0.25, 0.3) is 0 Å². The first-order valence-electron chi connectivity index (χ1n) is 7.00. The molecule has 0 aromatic heterocycles. The SMILES string of the molecule is Cc1c(C(=O)O)cc(Cl)cc1S(=O)(=O)C1CCC(C)CC1. The van der Waals surface area contributed by atoms with Crippen molar-refractivity contribution in [3.05, 3.63) is 28.3 Å². The predicted octanol–water partition coefficient (Wildman–Crippen LogP) is 3.70. The van der Waals surface area contributed by atoms with Crippen molar-refractivity contribution < 1.29 is 18.3 Å². The molecule has 2 rings (SSSR count). The minimum absolute atomic E-state index is 0.0507. The highest BCUT2D eigenvalue weighted by atomic mass is 35.5. The van der Waals surface area contributed by atoms with Gasteiger partial charge in [0.15, 0.2) is 9.84 Å². The highest BCUT2D eigenvalue weighted by Gasteiger charge is 2.33. The third kappa shape index (κ3) is 3.24. The van der Waals surface area contributed by atoms with Crippen molar-refractivity contribution in [2.75, 3.05) is 0 Å². The lowest BCUT2D eigenvalue weighted by molar-refractivity contribution is 0.0696. The van der Waals surface area contributed by atoms with Crippen molar-refractivity contribution in [1.82, 2.24) is 0 Å². The van der Waals surface area contributed by atoms with Crippen molar-refractivity contribution >= 4 is 27.4 Å². The second-order valence-electron chi connectivity index (χ2n) is 5.81. The maximum atomic E-state index is 12.8. The maximum absolute atomic E-state index is 12.8. The van der Waals surface area contributed by atoms with Crippen LogP contribution in [0.15, 0.2) is 17.0 Å². The summed E-state index contributed by atoms with van der Waals surface area (Å²) in [7, 11) is -3.54. The van der Waals surface area contributed by atoms with Gasteiger partial charge < -0.3 is 5.11 Å². The quantitative estimate of drug-likeness (QED) is 0.917. The average molecular weight is 331 g/mol. The molecule has 1 aliphatic rings. The van der Waals surface area contributed by atoms with Crippen molar-refractivity contribution in [3.8, 4) is 0 Å². The van der Waals surface area contributed by atoms with Crippen molar-refractivity contribution in [2.24, 2.45) is 5.92 Å². The van der Waals surface area contributed by atoms with Crippen LogP contribution in [0.5, 0.6) is 0 Å². The van der Waals surface area contributed by atoms with Gasteiger partial charge in [0.25, 0.3) is 0 Å². The fraction of sp³-hybridized carbons (Fsp3) is 0.533. The molecular weight excluding hydrogens is 312 g/mol. The van der Waals surface area contributed by atoms with Crippen LogP contribution < -0.4 is 0 Å². The summed E-state index contributed by atoms with van der Waals surface area (Å²) in [5.41, 5.74) is 0.218. The lowest BCUT2D eigenvalue weighted by Gasteiger charge is -2.26. The van der Waals surface area contributed by atoms with E-state index in [0.717, 1.165) is 12.8 Å². The molecule has 4 nitrogen and oxygen atoms in total. The first kappa shape index (κ1) is 16.3. The molecule has 1 aromatic carbocycles. The van der Waals surface area contributed by atoms with Gasteiger partial charge in [-0.2, -0.15) is 0 Å². The van der Waals surface area contributed by atoms with E-state index < -0.39 is 21.1 Å². The summed E-state index contributed by atoms with van der Waals surface area (Å²) >= 11 is 5.91. The molecule has 0 bridgehead atoms. The number of hydrogen-bond donors (Lipinski definition) is 1. The summed E-state index contributed by atoms with van der Waals surface area (Å²) in [6.45, 7) is 3.65. The molecule has 1 fully saturated rings. The third-order valence-corrected chi connectivity index (χ3v) is 6.87. The Bertz CT molecular complexity index is 658. The number of rotatable bonds is 3. The Morgan fingerprint density at radius 2 is 1.81 bits per heavy atom. The fourth-order valence-corrected chi connectivity index (χ4v) is 5.25. The summed E-state index contributed by atoms with van der Waals surface area (Å²) in [4.78, 5) is 11.3. The van der Waals surface area contributed by atoms with E-state index in [1.54, 1.807) is 0 Å². The molecule has 1 aromatic rings. The van der Waals surface area contributed by atoms with Crippen molar-refractivity contribution in [3.63, 3.8) is 0 Å². The van der Waals surface area contributed by atoms with Gasteiger partial charge in [-0.25, -0.2) is 13.2 Å². The monoisotopic (exact) mass is 330 g/mol. The average Bonchev–Trinajstić information content (AvgIpc) is 2.41. The van der Waals surface area contributed by atoms with E-state index in [1.807, 2.05) is 0 Å². The number of benzene rings is 1. The lowest BCUT2D eigenvalue weighted by atomic mass is 9.91. The zero-order valence-corrected chi connectivity index (χ0v) is 13.7. The van der Waals surface area contributed by atoms with Crippen molar-refractivity contribution in [2.45, 2.75) is 49.7 Å². The van der Waals surface area contributed by atoms with Crippen molar-refractivity contribution in [1.29, 1.82) is 0 Å². The van der Waals surface area contributed by atoms with Gasteiger partial charge in [-0.15, -0.1) is 0 Å². The number of carboxylic acids is 1. The smallest absolute Gasteiger partial charge is 0.336 e. The molecule has 0 atom stereocenters. The van der Waals surface area contributed by atoms with Crippen LogP contribution >= 0.6 is 11.6 Å². The Hall–Kier alpha value is -1.07. The second kappa shape index (κ2) is 5.97.